The lowest BCUT2D eigenvalue weighted by Crippen LogP contribution is -2.31. The molecule has 19 heavy (non-hydrogen) atoms. The molecule has 0 aliphatic heterocycles. The first kappa shape index (κ1) is 14.5. The lowest BCUT2D eigenvalue weighted by atomic mass is 10.0. The summed E-state index contributed by atoms with van der Waals surface area (Å²) < 4.78 is 16.4. The van der Waals surface area contributed by atoms with Crippen LogP contribution in [0.5, 0.6) is 0 Å². The van der Waals surface area contributed by atoms with Crippen molar-refractivity contribution in [3.05, 3.63) is 50.5 Å². The molecule has 0 aliphatic carbocycles. The molecule has 3 N–H and O–H groups in total. The Labute approximate surface area is 123 Å². The molecular formula is C12H13BrClFN4. The molecular weight excluding hydrogens is 335 g/mol. The molecule has 2 aromatic rings. The molecule has 0 fully saturated rings. The predicted molar refractivity (Wildman–Crippen MR) is 76.2 cm³/mol. The van der Waals surface area contributed by atoms with E-state index in [1.54, 1.807) is 23.9 Å². The first-order chi connectivity index (χ1) is 8.95. The molecule has 0 saturated carbocycles. The number of benzene rings is 1. The number of aryl methyl sites for hydroxylation is 2. The second kappa shape index (κ2) is 5.58. The van der Waals surface area contributed by atoms with E-state index in [1.165, 1.54) is 0 Å². The molecule has 1 unspecified atom stereocenters. The van der Waals surface area contributed by atoms with Crippen LogP contribution in [0.2, 0.25) is 5.02 Å². The number of nitrogens with two attached hydrogens (primary N) is 1. The highest BCUT2D eigenvalue weighted by Crippen LogP contribution is 2.32. The quantitative estimate of drug-likeness (QED) is 0.510. The molecule has 2 rings (SSSR count). The van der Waals surface area contributed by atoms with Gasteiger partial charge in [-0.25, -0.2) is 9.82 Å². The summed E-state index contributed by atoms with van der Waals surface area (Å²) in [5.74, 6) is 5.06. The van der Waals surface area contributed by atoms with Crippen LogP contribution in [-0.2, 0) is 7.05 Å². The van der Waals surface area contributed by atoms with Gasteiger partial charge in [-0.3, -0.25) is 10.5 Å². The zero-order valence-electron chi connectivity index (χ0n) is 10.4. The standard InChI is InChI=1S/C12H13BrClFN4/c1-6-5-9(19(2)18-6)12(17-16)7-3-4-8(13)10(14)11(7)15/h3-5,12,17H,16H2,1-2H3. The Morgan fingerprint density at radius 2 is 2.21 bits per heavy atom. The third-order valence-electron chi connectivity index (χ3n) is 2.88. The summed E-state index contributed by atoms with van der Waals surface area (Å²) >= 11 is 9.09. The molecule has 0 amide bonds. The Bertz CT molecular complexity index is 614. The maximum absolute atomic E-state index is 14.2. The normalized spacial score (nSPS) is 12.7. The van der Waals surface area contributed by atoms with Gasteiger partial charge in [-0.1, -0.05) is 17.7 Å². The van der Waals surface area contributed by atoms with E-state index in [4.69, 9.17) is 17.4 Å². The van der Waals surface area contributed by atoms with Crippen molar-refractivity contribution >= 4 is 27.5 Å². The number of aromatic nitrogens is 2. The smallest absolute Gasteiger partial charge is 0.148 e. The molecule has 1 aromatic carbocycles. The van der Waals surface area contributed by atoms with Crippen LogP contribution < -0.4 is 11.3 Å². The zero-order valence-corrected chi connectivity index (χ0v) is 12.8. The molecule has 102 valence electrons. The van der Waals surface area contributed by atoms with Gasteiger partial charge in [0.2, 0.25) is 0 Å². The van der Waals surface area contributed by atoms with Crippen molar-refractivity contribution in [1.82, 2.24) is 15.2 Å². The minimum absolute atomic E-state index is 0.0386. The van der Waals surface area contributed by atoms with Gasteiger partial charge in [0.1, 0.15) is 5.82 Å². The molecule has 0 aliphatic rings. The Balaban J connectivity index is 2.54. The first-order valence-corrected chi connectivity index (χ1v) is 6.73. The van der Waals surface area contributed by atoms with Gasteiger partial charge in [-0.15, -0.1) is 0 Å². The summed E-state index contributed by atoms with van der Waals surface area (Å²) in [6.45, 7) is 1.86. The van der Waals surface area contributed by atoms with Crippen LogP contribution in [0.25, 0.3) is 0 Å². The Hall–Kier alpha value is -0.950. The molecule has 1 aromatic heterocycles. The molecule has 0 saturated heterocycles. The predicted octanol–water partition coefficient (Wildman–Crippen LogP) is 2.84. The van der Waals surface area contributed by atoms with Crippen LogP contribution in [0.1, 0.15) is 23.0 Å². The van der Waals surface area contributed by atoms with Crippen LogP contribution in [0, 0.1) is 12.7 Å². The zero-order chi connectivity index (χ0) is 14.2. The molecule has 1 atom stereocenters. The highest BCUT2D eigenvalue weighted by molar-refractivity contribution is 9.10. The van der Waals surface area contributed by atoms with E-state index in [0.717, 1.165) is 11.4 Å². The second-order valence-electron chi connectivity index (χ2n) is 4.20. The minimum atomic E-state index is -0.517. The molecule has 0 spiro atoms. The van der Waals surface area contributed by atoms with Gasteiger partial charge < -0.3 is 0 Å². The monoisotopic (exact) mass is 346 g/mol. The maximum Gasteiger partial charge on any atom is 0.148 e. The molecule has 0 bridgehead atoms. The lowest BCUT2D eigenvalue weighted by Gasteiger charge is -2.18. The van der Waals surface area contributed by atoms with Gasteiger partial charge in [0.05, 0.1) is 22.5 Å². The van der Waals surface area contributed by atoms with Crippen LogP contribution >= 0.6 is 27.5 Å². The van der Waals surface area contributed by atoms with Crippen molar-refractivity contribution in [2.75, 3.05) is 0 Å². The number of hydrazine groups is 1. The average Bonchev–Trinajstić information content (AvgIpc) is 2.69. The van der Waals surface area contributed by atoms with Crippen LogP contribution in [-0.4, -0.2) is 9.78 Å². The molecule has 4 nitrogen and oxygen atoms in total. The number of nitrogens with zero attached hydrogens (tertiary/aromatic N) is 2. The van der Waals surface area contributed by atoms with Gasteiger partial charge in [-0.05, 0) is 35.0 Å². The summed E-state index contributed by atoms with van der Waals surface area (Å²) in [7, 11) is 1.78. The van der Waals surface area contributed by atoms with Crippen molar-refractivity contribution in [3.8, 4) is 0 Å². The van der Waals surface area contributed by atoms with Crippen molar-refractivity contribution in [2.45, 2.75) is 13.0 Å². The van der Waals surface area contributed by atoms with E-state index in [2.05, 4.69) is 26.5 Å². The SMILES string of the molecule is Cc1cc(C(NN)c2ccc(Br)c(Cl)c2F)n(C)n1. The number of hydrogen-bond acceptors (Lipinski definition) is 3. The summed E-state index contributed by atoms with van der Waals surface area (Å²) in [5, 5.41) is 4.27. The van der Waals surface area contributed by atoms with Crippen LogP contribution in [0.4, 0.5) is 4.39 Å². The summed E-state index contributed by atoms with van der Waals surface area (Å²) in [6.07, 6.45) is 0. The number of halogens is 3. The third-order valence-corrected chi connectivity index (χ3v) is 4.14. The first-order valence-electron chi connectivity index (χ1n) is 5.55. The lowest BCUT2D eigenvalue weighted by molar-refractivity contribution is 0.532. The van der Waals surface area contributed by atoms with Gasteiger partial charge in [-0.2, -0.15) is 5.10 Å². The van der Waals surface area contributed by atoms with Crippen molar-refractivity contribution in [3.63, 3.8) is 0 Å². The number of nitrogens with one attached hydrogen (secondary N) is 1. The third kappa shape index (κ3) is 2.67. The number of rotatable bonds is 3. The van der Waals surface area contributed by atoms with E-state index in [1.807, 2.05) is 13.0 Å². The van der Waals surface area contributed by atoms with E-state index in [-0.39, 0.29) is 5.02 Å². The molecule has 0 radical (unpaired) electrons. The summed E-state index contributed by atoms with van der Waals surface area (Å²) in [4.78, 5) is 0. The summed E-state index contributed by atoms with van der Waals surface area (Å²) in [6, 6.07) is 4.66. The maximum atomic E-state index is 14.2. The van der Waals surface area contributed by atoms with Crippen LogP contribution in [0.3, 0.4) is 0 Å². The van der Waals surface area contributed by atoms with Crippen molar-refractivity contribution in [2.24, 2.45) is 12.9 Å². The van der Waals surface area contributed by atoms with Crippen molar-refractivity contribution < 1.29 is 4.39 Å². The Kier molecular flexibility index (Phi) is 4.25. The van der Waals surface area contributed by atoms with Gasteiger partial charge in [0.25, 0.3) is 0 Å². The van der Waals surface area contributed by atoms with Crippen molar-refractivity contribution in [1.29, 1.82) is 0 Å². The fourth-order valence-electron chi connectivity index (χ4n) is 2.00. The fourth-order valence-corrected chi connectivity index (χ4v) is 2.48. The van der Waals surface area contributed by atoms with E-state index >= 15 is 0 Å². The highest BCUT2D eigenvalue weighted by atomic mass is 79.9. The number of hydrogen-bond donors (Lipinski definition) is 2. The highest BCUT2D eigenvalue weighted by Gasteiger charge is 2.22. The topological polar surface area (TPSA) is 55.9 Å². The van der Waals surface area contributed by atoms with E-state index in [0.29, 0.717) is 10.0 Å². The molecule has 1 heterocycles. The van der Waals surface area contributed by atoms with Gasteiger partial charge in [0, 0.05) is 17.1 Å². The van der Waals surface area contributed by atoms with Crippen LogP contribution in [0.15, 0.2) is 22.7 Å². The van der Waals surface area contributed by atoms with Gasteiger partial charge in [0.15, 0.2) is 0 Å². The fraction of sp³-hybridized carbons (Fsp3) is 0.250. The van der Waals surface area contributed by atoms with Gasteiger partial charge >= 0.3 is 0 Å². The average molecular weight is 348 g/mol. The van der Waals surface area contributed by atoms with E-state index < -0.39 is 11.9 Å². The Morgan fingerprint density at radius 1 is 1.53 bits per heavy atom. The van der Waals surface area contributed by atoms with E-state index in [9.17, 15) is 4.39 Å². The second-order valence-corrected chi connectivity index (χ2v) is 5.43. The Morgan fingerprint density at radius 3 is 2.74 bits per heavy atom. The largest absolute Gasteiger partial charge is 0.271 e. The minimum Gasteiger partial charge on any atom is -0.271 e. The molecule has 7 heteroatoms. The summed E-state index contributed by atoms with van der Waals surface area (Å²) in [5.41, 5.74) is 4.57.